The average Bonchev–Trinajstić information content (AvgIpc) is 3.05. The van der Waals surface area contributed by atoms with E-state index in [1.807, 2.05) is 0 Å². The van der Waals surface area contributed by atoms with Crippen LogP contribution in [0.4, 0.5) is 8.78 Å². The van der Waals surface area contributed by atoms with Gasteiger partial charge in [-0.1, -0.05) is 5.04 Å². The third kappa shape index (κ3) is 2.61. The van der Waals surface area contributed by atoms with E-state index in [2.05, 4.69) is 14.1 Å². The van der Waals surface area contributed by atoms with Gasteiger partial charge in [0.05, 0.1) is 18.0 Å². The Hall–Kier alpha value is -0.530. The highest BCUT2D eigenvalue weighted by atomic mass is 32.2. The molecule has 1 N–H and O–H groups in total. The van der Waals surface area contributed by atoms with Crippen LogP contribution in [0, 0.1) is 17.8 Å². The van der Waals surface area contributed by atoms with Gasteiger partial charge >= 0.3 is 11.2 Å². The Morgan fingerprint density at radius 2 is 2.14 bits per heavy atom. The zero-order valence-electron chi connectivity index (χ0n) is 10.9. The molecule has 0 aromatic heterocycles. The molecule has 22 heavy (non-hydrogen) atoms. The second kappa shape index (κ2) is 5.53. The molecule has 3 aliphatic rings. The lowest BCUT2D eigenvalue weighted by molar-refractivity contribution is -0.433. The summed E-state index contributed by atoms with van der Waals surface area (Å²) in [6, 6.07) is 0. The molecule has 3 rings (SSSR count). The minimum absolute atomic E-state index is 0.0247. The summed E-state index contributed by atoms with van der Waals surface area (Å²) in [4.78, 5) is 11.3. The normalized spacial score (nSPS) is 38.4. The molecule has 1 saturated heterocycles. The van der Waals surface area contributed by atoms with E-state index in [0.29, 0.717) is 12.8 Å². The average molecular weight is 362 g/mol. The molecule has 2 aliphatic carbocycles. The van der Waals surface area contributed by atoms with Crippen LogP contribution in [-0.2, 0) is 33.2 Å². The predicted molar refractivity (Wildman–Crippen MR) is 65.6 cm³/mol. The molecule has 5 atom stereocenters. The smallest absolute Gasteiger partial charge is 0.415 e. The summed E-state index contributed by atoms with van der Waals surface area (Å²) in [6.07, 6.45) is 0.418. The summed E-state index contributed by atoms with van der Waals surface area (Å²) in [6.45, 7) is -0.358. The van der Waals surface area contributed by atoms with Crippen molar-refractivity contribution in [3.63, 3.8) is 0 Å². The number of alkyl halides is 2. The Morgan fingerprint density at radius 1 is 1.41 bits per heavy atom. The molecule has 0 spiro atoms. The molecule has 1 aliphatic heterocycles. The van der Waals surface area contributed by atoms with Gasteiger partial charge in [-0.25, -0.2) is 10.1 Å². The second-order valence-electron chi connectivity index (χ2n) is 5.49. The number of carbonyl (C=O) groups excluding carboxylic acids is 1. The third-order valence-electron chi connectivity index (χ3n) is 4.47. The fourth-order valence-electron chi connectivity index (χ4n) is 3.63. The molecule has 126 valence electrons. The van der Waals surface area contributed by atoms with Crippen molar-refractivity contribution in [3.05, 3.63) is 0 Å². The van der Waals surface area contributed by atoms with Crippen LogP contribution in [-0.4, -0.2) is 42.9 Å². The second-order valence-corrected chi connectivity index (χ2v) is 8.09. The van der Waals surface area contributed by atoms with Crippen LogP contribution in [0.15, 0.2) is 0 Å². The van der Waals surface area contributed by atoms with Crippen LogP contribution in [0.1, 0.15) is 12.8 Å². The molecule has 0 radical (unpaired) electrons. The summed E-state index contributed by atoms with van der Waals surface area (Å²) in [5.74, 6) is -2.46. The minimum atomic E-state index is -4.06. The predicted octanol–water partition coefficient (Wildman–Crippen LogP) is 0.945. The van der Waals surface area contributed by atoms with Gasteiger partial charge in [0.1, 0.15) is 12.0 Å². The van der Waals surface area contributed by atoms with Crippen molar-refractivity contribution in [1.82, 2.24) is 0 Å². The molecular formula is C10H12F2O8S2. The molecule has 1 heterocycles. The molecule has 5 unspecified atom stereocenters. The largest absolute Gasteiger partial charge is 0.460 e. The van der Waals surface area contributed by atoms with Crippen LogP contribution >= 0.6 is 12.0 Å². The van der Waals surface area contributed by atoms with Gasteiger partial charge in [0.2, 0.25) is 0 Å². The fourth-order valence-corrected chi connectivity index (χ4v) is 5.79. The number of carbonyl (C=O) groups is 1. The van der Waals surface area contributed by atoms with Crippen LogP contribution in [0.25, 0.3) is 0 Å². The quantitative estimate of drug-likeness (QED) is 0.243. The molecule has 8 nitrogen and oxygen atoms in total. The van der Waals surface area contributed by atoms with Crippen LogP contribution in [0.5, 0.6) is 0 Å². The van der Waals surface area contributed by atoms with E-state index in [1.54, 1.807) is 0 Å². The number of rotatable bonds is 6. The fraction of sp³-hybridized carbons (Fsp3) is 0.900. The molecule has 3 fully saturated rings. The lowest BCUT2D eigenvalue weighted by Crippen LogP contribution is -2.35. The first-order valence-corrected chi connectivity index (χ1v) is 8.60. The van der Waals surface area contributed by atoms with E-state index in [0.717, 1.165) is 0 Å². The molecule has 0 aromatic carbocycles. The van der Waals surface area contributed by atoms with E-state index in [-0.39, 0.29) is 18.4 Å². The molecule has 0 amide bonds. The number of hydrogen-bond acceptors (Lipinski definition) is 9. The van der Waals surface area contributed by atoms with Gasteiger partial charge in [-0.3, -0.25) is 4.18 Å². The number of ether oxygens (including phenoxy) is 1. The Labute approximate surface area is 128 Å². The molecule has 2 saturated carbocycles. The lowest BCUT2D eigenvalue weighted by atomic mass is 9.87. The number of halogens is 2. The summed E-state index contributed by atoms with van der Waals surface area (Å²) < 4.78 is 63.0. The maximum absolute atomic E-state index is 13.2. The third-order valence-corrected chi connectivity index (χ3v) is 6.75. The van der Waals surface area contributed by atoms with Crippen LogP contribution < -0.4 is 0 Å². The van der Waals surface area contributed by atoms with Crippen LogP contribution in [0.2, 0.25) is 0 Å². The number of fused-ring (bicyclic) bond motifs is 1. The lowest BCUT2D eigenvalue weighted by Gasteiger charge is -2.25. The molecule has 12 heteroatoms. The number of hydrogen-bond donors (Lipinski definition) is 1. The first-order valence-electron chi connectivity index (χ1n) is 6.39. The van der Waals surface area contributed by atoms with Gasteiger partial charge < -0.3 is 4.74 Å². The molecule has 2 bridgehead atoms. The minimum Gasteiger partial charge on any atom is -0.460 e. The van der Waals surface area contributed by atoms with E-state index >= 15 is 0 Å². The van der Waals surface area contributed by atoms with Crippen molar-refractivity contribution >= 4 is 28.1 Å². The van der Waals surface area contributed by atoms with Crippen molar-refractivity contribution in [2.75, 3.05) is 6.61 Å². The Kier molecular flexibility index (Phi) is 4.10. The monoisotopic (exact) mass is 362 g/mol. The Bertz CT molecular complexity index is 567. The topological polar surface area (TPSA) is 108 Å². The van der Waals surface area contributed by atoms with Crippen LogP contribution in [0.3, 0.4) is 0 Å². The summed E-state index contributed by atoms with van der Waals surface area (Å²) in [5.41, 5.74) is 0. The first kappa shape index (κ1) is 16.3. The highest BCUT2D eigenvalue weighted by molar-refractivity contribution is 7.96. The van der Waals surface area contributed by atoms with Gasteiger partial charge in [-0.2, -0.15) is 17.2 Å². The maximum Gasteiger partial charge on any atom is 0.415 e. The van der Waals surface area contributed by atoms with Gasteiger partial charge in [0.25, 0.3) is 10.1 Å². The van der Waals surface area contributed by atoms with Gasteiger partial charge in [0.15, 0.2) is 0 Å². The standard InChI is InChI=1S/C10H12F2O8S2/c11-10(12,21-20-19-14)9(13)17-3-6-4-1-5-7(2-4)22(15,16)18-8(5)6/h4-8,14H,1-3H2. The van der Waals surface area contributed by atoms with Crippen molar-refractivity contribution < 1.29 is 45.5 Å². The Balaban J connectivity index is 1.58. The van der Waals surface area contributed by atoms with Gasteiger partial charge in [0, 0.05) is 11.8 Å². The summed E-state index contributed by atoms with van der Waals surface area (Å²) >= 11 is -0.708. The zero-order valence-corrected chi connectivity index (χ0v) is 12.5. The maximum atomic E-state index is 13.2. The van der Waals surface area contributed by atoms with E-state index in [9.17, 15) is 22.0 Å². The van der Waals surface area contributed by atoms with Crippen molar-refractivity contribution in [2.24, 2.45) is 17.8 Å². The van der Waals surface area contributed by atoms with E-state index < -0.39 is 50.7 Å². The molecular weight excluding hydrogens is 350 g/mol. The van der Waals surface area contributed by atoms with Crippen molar-refractivity contribution in [1.29, 1.82) is 0 Å². The number of esters is 1. The van der Waals surface area contributed by atoms with Crippen molar-refractivity contribution in [2.45, 2.75) is 29.5 Å². The van der Waals surface area contributed by atoms with E-state index in [4.69, 9.17) is 9.44 Å². The van der Waals surface area contributed by atoms with Gasteiger partial charge in [-0.15, -0.1) is 4.33 Å². The first-order chi connectivity index (χ1) is 10.3. The highest BCUT2D eigenvalue weighted by Gasteiger charge is 2.64. The zero-order chi connectivity index (χ0) is 16.1. The van der Waals surface area contributed by atoms with Gasteiger partial charge in [-0.05, 0) is 18.8 Å². The summed E-state index contributed by atoms with van der Waals surface area (Å²) in [5, 5.41) is 6.21. The summed E-state index contributed by atoms with van der Waals surface area (Å²) in [7, 11) is -3.60. The molecule has 0 aromatic rings. The van der Waals surface area contributed by atoms with E-state index in [1.165, 1.54) is 0 Å². The van der Waals surface area contributed by atoms with Crippen molar-refractivity contribution in [3.8, 4) is 0 Å². The SMILES string of the molecule is O=C(OCC1C2CC3C1OS(=O)(=O)C3C2)C(F)(F)SOOO. The Morgan fingerprint density at radius 3 is 2.82 bits per heavy atom. The highest BCUT2D eigenvalue weighted by Crippen LogP contribution is 2.57.